The number of hydrogen-bond acceptors (Lipinski definition) is 3. The largest absolute Gasteiger partial charge is 0.344 e. The minimum Gasteiger partial charge on any atom is -0.344 e. The van der Waals surface area contributed by atoms with Crippen LogP contribution >= 0.6 is 11.6 Å². The Hall–Kier alpha value is -1.62. The van der Waals surface area contributed by atoms with Crippen molar-refractivity contribution in [3.8, 4) is 0 Å². The van der Waals surface area contributed by atoms with Crippen molar-refractivity contribution in [1.82, 2.24) is 19.4 Å². The molecule has 2 heterocycles. The van der Waals surface area contributed by atoms with Gasteiger partial charge in [-0.25, -0.2) is 9.97 Å². The lowest BCUT2D eigenvalue weighted by Crippen LogP contribution is -2.33. The van der Waals surface area contributed by atoms with Crippen LogP contribution in [0, 0.1) is 6.92 Å². The first-order valence-corrected chi connectivity index (χ1v) is 7.68. The van der Waals surface area contributed by atoms with E-state index in [9.17, 15) is 4.79 Å². The summed E-state index contributed by atoms with van der Waals surface area (Å²) in [6, 6.07) is 1.59. The van der Waals surface area contributed by atoms with Crippen LogP contribution in [0.5, 0.6) is 0 Å². The number of carbonyl (C=O) groups is 1. The summed E-state index contributed by atoms with van der Waals surface area (Å²) < 4.78 is 1.92. The molecule has 0 saturated heterocycles. The number of carbonyl (C=O) groups excluding carboxylic acids is 1. The third-order valence-corrected chi connectivity index (χ3v) is 3.96. The lowest BCUT2D eigenvalue weighted by Gasteiger charge is -2.22. The molecule has 0 radical (unpaired) electrons. The number of aromatic nitrogens is 3. The Bertz CT molecular complexity index is 652. The average molecular weight is 309 g/mol. The van der Waals surface area contributed by atoms with Crippen LogP contribution < -0.4 is 0 Å². The Morgan fingerprint density at radius 1 is 1.52 bits per heavy atom. The number of pyridine rings is 1. The topological polar surface area (TPSA) is 51.0 Å². The zero-order valence-electron chi connectivity index (χ0n) is 12.9. The number of hydrogen-bond donors (Lipinski definition) is 0. The van der Waals surface area contributed by atoms with Crippen LogP contribution in [0.3, 0.4) is 0 Å². The minimum absolute atomic E-state index is 0.0518. The van der Waals surface area contributed by atoms with Crippen LogP contribution in [-0.2, 0) is 11.2 Å². The Morgan fingerprint density at radius 2 is 2.24 bits per heavy atom. The van der Waals surface area contributed by atoms with Crippen LogP contribution in [0.1, 0.15) is 31.3 Å². The Kier molecular flexibility index (Phi) is 4.83. The van der Waals surface area contributed by atoms with Crippen molar-refractivity contribution in [3.63, 3.8) is 0 Å². The first-order valence-electron chi connectivity index (χ1n) is 7.14. The third-order valence-electron chi connectivity index (χ3n) is 3.77. The molecule has 0 spiro atoms. The molecule has 1 atom stereocenters. The highest BCUT2D eigenvalue weighted by Gasteiger charge is 2.24. The fourth-order valence-electron chi connectivity index (χ4n) is 2.41. The summed E-state index contributed by atoms with van der Waals surface area (Å²) in [6.07, 6.45) is 2.37. The molecule has 1 amide bonds. The molecule has 0 N–H and O–H groups in total. The van der Waals surface area contributed by atoms with E-state index in [-0.39, 0.29) is 11.9 Å². The van der Waals surface area contributed by atoms with Gasteiger partial charge in [0.25, 0.3) is 0 Å². The normalized spacial score (nSPS) is 12.6. The van der Waals surface area contributed by atoms with E-state index >= 15 is 0 Å². The van der Waals surface area contributed by atoms with Crippen molar-refractivity contribution in [2.45, 2.75) is 33.2 Å². The fourth-order valence-corrected chi connectivity index (χ4v) is 2.58. The van der Waals surface area contributed by atoms with Gasteiger partial charge in [-0.1, -0.05) is 0 Å². The zero-order chi connectivity index (χ0) is 15.6. The molecule has 2 aromatic heterocycles. The first-order chi connectivity index (χ1) is 10.0. The van der Waals surface area contributed by atoms with Crippen molar-refractivity contribution in [3.05, 3.63) is 23.7 Å². The quantitative estimate of drug-likeness (QED) is 0.798. The van der Waals surface area contributed by atoms with Gasteiger partial charge in [-0.3, -0.25) is 4.79 Å². The number of nitrogens with zero attached hydrogens (tertiary/aromatic N) is 4. The second-order valence-corrected chi connectivity index (χ2v) is 5.54. The van der Waals surface area contributed by atoms with E-state index in [0.29, 0.717) is 18.8 Å². The van der Waals surface area contributed by atoms with Gasteiger partial charge in [0.15, 0.2) is 5.65 Å². The SMILES string of the molecule is CCN(C)C(=O)C(C)n1c(CCCl)nc2c(C)ccnc21. The Balaban J connectivity index is 2.57. The van der Waals surface area contributed by atoms with E-state index in [2.05, 4.69) is 9.97 Å². The molecule has 1 unspecified atom stereocenters. The molecule has 0 aliphatic heterocycles. The summed E-state index contributed by atoms with van der Waals surface area (Å²) >= 11 is 5.88. The molecule has 0 fully saturated rings. The summed E-state index contributed by atoms with van der Waals surface area (Å²) in [5.41, 5.74) is 2.65. The van der Waals surface area contributed by atoms with E-state index in [1.165, 1.54) is 0 Å². The molecule has 0 bridgehead atoms. The number of likely N-dealkylation sites (N-methyl/N-ethyl adjacent to an activating group) is 1. The van der Waals surface area contributed by atoms with Gasteiger partial charge in [0.1, 0.15) is 17.4 Å². The second-order valence-electron chi connectivity index (χ2n) is 5.17. The molecule has 2 aromatic rings. The molecule has 0 aliphatic rings. The predicted molar refractivity (Wildman–Crippen MR) is 84.7 cm³/mol. The first kappa shape index (κ1) is 15.8. The average Bonchev–Trinajstić information content (AvgIpc) is 2.85. The highest BCUT2D eigenvalue weighted by molar-refractivity contribution is 6.17. The number of halogens is 1. The number of amides is 1. The lowest BCUT2D eigenvalue weighted by atomic mass is 10.2. The fraction of sp³-hybridized carbons (Fsp3) is 0.533. The van der Waals surface area contributed by atoms with Crippen molar-refractivity contribution in [2.75, 3.05) is 19.5 Å². The maximum atomic E-state index is 12.5. The van der Waals surface area contributed by atoms with Crippen molar-refractivity contribution >= 4 is 28.7 Å². The monoisotopic (exact) mass is 308 g/mol. The highest BCUT2D eigenvalue weighted by atomic mass is 35.5. The van der Waals surface area contributed by atoms with Crippen molar-refractivity contribution in [1.29, 1.82) is 0 Å². The maximum absolute atomic E-state index is 12.5. The van der Waals surface area contributed by atoms with Gasteiger partial charge < -0.3 is 9.47 Å². The van der Waals surface area contributed by atoms with Crippen molar-refractivity contribution < 1.29 is 4.79 Å². The molecule has 0 aliphatic carbocycles. The number of alkyl halides is 1. The number of imidazole rings is 1. The maximum Gasteiger partial charge on any atom is 0.245 e. The summed E-state index contributed by atoms with van der Waals surface area (Å²) in [5, 5.41) is 0. The third kappa shape index (κ3) is 2.88. The molecular weight excluding hydrogens is 288 g/mol. The van der Waals surface area contributed by atoms with Crippen LogP contribution in [0.4, 0.5) is 0 Å². The summed E-state index contributed by atoms with van der Waals surface area (Å²) in [6.45, 7) is 6.51. The molecule has 114 valence electrons. The second kappa shape index (κ2) is 6.43. The van der Waals surface area contributed by atoms with Crippen LogP contribution in [0.25, 0.3) is 11.2 Å². The molecule has 2 rings (SSSR count). The van der Waals surface area contributed by atoms with Gasteiger partial charge in [0.05, 0.1) is 0 Å². The number of fused-ring (bicyclic) bond motifs is 1. The molecular formula is C15H21ClN4O. The van der Waals surface area contributed by atoms with Crippen LogP contribution in [0.2, 0.25) is 0 Å². The van der Waals surface area contributed by atoms with Gasteiger partial charge in [0.2, 0.25) is 5.91 Å². The minimum atomic E-state index is -0.340. The smallest absolute Gasteiger partial charge is 0.245 e. The van der Waals surface area contributed by atoms with Gasteiger partial charge in [-0.15, -0.1) is 11.6 Å². The van der Waals surface area contributed by atoms with Crippen LogP contribution in [0.15, 0.2) is 12.3 Å². The number of rotatable bonds is 5. The standard InChI is InChI=1S/C15H21ClN4O/c1-5-19(4)15(21)11(3)20-12(6-8-16)18-13-10(2)7-9-17-14(13)20/h7,9,11H,5-6,8H2,1-4H3. The van der Waals surface area contributed by atoms with Crippen molar-refractivity contribution in [2.24, 2.45) is 0 Å². The predicted octanol–water partition coefficient (Wildman–Crippen LogP) is 2.56. The molecule has 6 heteroatoms. The van der Waals surface area contributed by atoms with Gasteiger partial charge >= 0.3 is 0 Å². The Morgan fingerprint density at radius 3 is 2.86 bits per heavy atom. The van der Waals surface area contributed by atoms with Gasteiger partial charge in [-0.05, 0) is 32.4 Å². The zero-order valence-corrected chi connectivity index (χ0v) is 13.7. The molecule has 21 heavy (non-hydrogen) atoms. The molecule has 0 aromatic carbocycles. The van der Waals surface area contributed by atoms with Gasteiger partial charge in [-0.2, -0.15) is 0 Å². The summed E-state index contributed by atoms with van der Waals surface area (Å²) in [7, 11) is 1.80. The van der Waals surface area contributed by atoms with Gasteiger partial charge in [0, 0.05) is 32.1 Å². The van der Waals surface area contributed by atoms with E-state index in [1.807, 2.05) is 31.4 Å². The highest BCUT2D eigenvalue weighted by Crippen LogP contribution is 2.23. The number of aryl methyl sites for hydroxylation is 2. The van der Waals surface area contributed by atoms with Crippen LogP contribution in [-0.4, -0.2) is 44.8 Å². The lowest BCUT2D eigenvalue weighted by molar-refractivity contribution is -0.132. The molecule has 0 saturated carbocycles. The van der Waals surface area contributed by atoms with E-state index in [0.717, 1.165) is 22.6 Å². The summed E-state index contributed by atoms with van der Waals surface area (Å²) in [4.78, 5) is 23.2. The Labute approximate surface area is 129 Å². The molecule has 5 nitrogen and oxygen atoms in total. The van der Waals surface area contributed by atoms with E-state index in [4.69, 9.17) is 11.6 Å². The summed E-state index contributed by atoms with van der Waals surface area (Å²) in [5.74, 6) is 1.33. The van der Waals surface area contributed by atoms with E-state index in [1.54, 1.807) is 18.1 Å². The van der Waals surface area contributed by atoms with E-state index < -0.39 is 0 Å².